The molecule has 132 valence electrons. The number of ketones is 1. The lowest BCUT2D eigenvalue weighted by molar-refractivity contribution is -0.860. The van der Waals surface area contributed by atoms with E-state index in [1.54, 1.807) is 0 Å². The Labute approximate surface area is 147 Å². The molecule has 0 aliphatic rings. The molecule has 25 heavy (non-hydrogen) atoms. The number of likely N-dealkylation sites (N-methyl/N-ethyl adjacent to an activating group) is 1. The van der Waals surface area contributed by atoms with Gasteiger partial charge in [-0.15, -0.1) is 0 Å². The number of amides is 1. The number of quaternary nitrogens is 1. The number of rotatable bonds is 8. The number of hydrogen-bond acceptors (Lipinski definition) is 2. The average Bonchev–Trinajstić information content (AvgIpc) is 2.60. The van der Waals surface area contributed by atoms with Gasteiger partial charge in [-0.2, -0.15) is 0 Å². The van der Waals surface area contributed by atoms with Crippen LogP contribution in [-0.4, -0.2) is 32.3 Å². The van der Waals surface area contributed by atoms with Gasteiger partial charge in [0.15, 0.2) is 5.78 Å². The average molecular weight is 343 g/mol. The van der Waals surface area contributed by atoms with Crippen LogP contribution in [-0.2, 0) is 4.79 Å². The molecule has 1 amide bonds. The molecular formula is C20H24FN2O2+. The molecule has 0 spiro atoms. The zero-order chi connectivity index (χ0) is 18.2. The molecule has 1 atom stereocenters. The van der Waals surface area contributed by atoms with E-state index < -0.39 is 0 Å². The minimum atomic E-state index is -0.383. The van der Waals surface area contributed by atoms with Crippen LogP contribution in [0.3, 0.4) is 0 Å². The predicted molar refractivity (Wildman–Crippen MR) is 95.0 cm³/mol. The van der Waals surface area contributed by atoms with Crippen molar-refractivity contribution in [1.82, 2.24) is 5.32 Å². The topological polar surface area (TPSA) is 50.6 Å². The zero-order valence-corrected chi connectivity index (χ0v) is 14.6. The molecule has 0 aliphatic carbocycles. The lowest BCUT2D eigenvalue weighted by atomic mass is 10.0. The first kappa shape index (κ1) is 18.8. The van der Waals surface area contributed by atoms with Gasteiger partial charge in [-0.3, -0.25) is 9.59 Å². The van der Waals surface area contributed by atoms with Gasteiger partial charge in [0.05, 0.1) is 14.1 Å². The van der Waals surface area contributed by atoms with E-state index in [1.165, 1.54) is 29.2 Å². The smallest absolute Gasteiger partial charge is 0.221 e. The van der Waals surface area contributed by atoms with Gasteiger partial charge in [-0.05, 0) is 29.8 Å². The normalized spacial score (nSPS) is 12.0. The summed E-state index contributed by atoms with van der Waals surface area (Å²) in [6.07, 6.45) is 0.218. The highest BCUT2D eigenvalue weighted by atomic mass is 19.1. The summed E-state index contributed by atoms with van der Waals surface area (Å²) in [5.74, 6) is -0.707. The SMILES string of the molecule is C[NH+](C)C[C@@H](NC(=O)CCC(=O)c1ccc(F)cc1)c1ccccc1. The van der Waals surface area contributed by atoms with Gasteiger partial charge >= 0.3 is 0 Å². The second-order valence-corrected chi connectivity index (χ2v) is 6.37. The molecule has 2 rings (SSSR count). The molecule has 0 radical (unpaired) electrons. The second kappa shape index (κ2) is 9.08. The maximum absolute atomic E-state index is 12.9. The second-order valence-electron chi connectivity index (χ2n) is 6.37. The third kappa shape index (κ3) is 6.12. The zero-order valence-electron chi connectivity index (χ0n) is 14.6. The molecule has 2 N–H and O–H groups in total. The van der Waals surface area contributed by atoms with Crippen molar-refractivity contribution in [3.05, 3.63) is 71.5 Å². The molecule has 0 saturated heterocycles. The van der Waals surface area contributed by atoms with E-state index in [9.17, 15) is 14.0 Å². The highest BCUT2D eigenvalue weighted by molar-refractivity contribution is 5.97. The van der Waals surface area contributed by atoms with Crippen molar-refractivity contribution in [3.8, 4) is 0 Å². The fourth-order valence-electron chi connectivity index (χ4n) is 2.62. The number of benzene rings is 2. The number of carbonyl (C=O) groups excluding carboxylic acids is 2. The van der Waals surface area contributed by atoms with Gasteiger partial charge < -0.3 is 10.2 Å². The Kier molecular flexibility index (Phi) is 6.83. The summed E-state index contributed by atoms with van der Waals surface area (Å²) in [6, 6.07) is 15.1. The lowest BCUT2D eigenvalue weighted by Gasteiger charge is -2.20. The van der Waals surface area contributed by atoms with E-state index in [0.29, 0.717) is 5.56 Å². The molecule has 5 heteroatoms. The number of nitrogens with one attached hydrogen (secondary N) is 2. The molecule has 2 aromatic rings. The highest BCUT2D eigenvalue weighted by Crippen LogP contribution is 2.12. The van der Waals surface area contributed by atoms with Crippen LogP contribution in [0, 0.1) is 5.82 Å². The van der Waals surface area contributed by atoms with Crippen molar-refractivity contribution in [1.29, 1.82) is 0 Å². The van der Waals surface area contributed by atoms with Crippen LogP contribution in [0.5, 0.6) is 0 Å². The van der Waals surface area contributed by atoms with Crippen molar-refractivity contribution >= 4 is 11.7 Å². The predicted octanol–water partition coefficient (Wildman–Crippen LogP) is 1.79. The number of halogens is 1. The van der Waals surface area contributed by atoms with Crippen molar-refractivity contribution < 1.29 is 18.9 Å². The summed E-state index contributed by atoms with van der Waals surface area (Å²) in [6.45, 7) is 0.752. The van der Waals surface area contributed by atoms with Crippen LogP contribution in [0.25, 0.3) is 0 Å². The van der Waals surface area contributed by atoms with Crippen LogP contribution in [0.2, 0.25) is 0 Å². The number of hydrogen-bond donors (Lipinski definition) is 2. The molecule has 0 aliphatic heterocycles. The van der Waals surface area contributed by atoms with Crippen molar-refractivity contribution in [2.24, 2.45) is 0 Å². The fourth-order valence-corrected chi connectivity index (χ4v) is 2.62. The van der Waals surface area contributed by atoms with E-state index in [-0.39, 0.29) is 36.4 Å². The molecule has 2 aromatic carbocycles. The number of Topliss-reactive ketones (excluding diaryl/α,β-unsaturated/α-hetero) is 1. The quantitative estimate of drug-likeness (QED) is 0.718. The van der Waals surface area contributed by atoms with Crippen LogP contribution in [0.1, 0.15) is 34.8 Å². The Hall–Kier alpha value is -2.53. The van der Waals surface area contributed by atoms with Gasteiger partial charge in [0.1, 0.15) is 18.4 Å². The summed E-state index contributed by atoms with van der Waals surface area (Å²) in [5.41, 5.74) is 1.47. The Balaban J connectivity index is 1.92. The largest absolute Gasteiger partial charge is 0.344 e. The molecular weight excluding hydrogens is 319 g/mol. The summed E-state index contributed by atoms with van der Waals surface area (Å²) < 4.78 is 12.9. The van der Waals surface area contributed by atoms with E-state index in [2.05, 4.69) is 5.32 Å². The minimum Gasteiger partial charge on any atom is -0.344 e. The lowest BCUT2D eigenvalue weighted by Crippen LogP contribution is -3.06. The number of carbonyl (C=O) groups is 2. The van der Waals surface area contributed by atoms with Crippen molar-refractivity contribution in [2.75, 3.05) is 20.6 Å². The first-order valence-electron chi connectivity index (χ1n) is 8.38. The van der Waals surface area contributed by atoms with Crippen LogP contribution in [0.4, 0.5) is 4.39 Å². The maximum Gasteiger partial charge on any atom is 0.221 e. The summed E-state index contributed by atoms with van der Waals surface area (Å²) in [4.78, 5) is 25.6. The highest BCUT2D eigenvalue weighted by Gasteiger charge is 2.18. The van der Waals surface area contributed by atoms with E-state index in [0.717, 1.165) is 12.1 Å². The minimum absolute atomic E-state index is 0.0976. The first-order chi connectivity index (χ1) is 12.0. The van der Waals surface area contributed by atoms with E-state index in [4.69, 9.17) is 0 Å². The fraction of sp³-hybridized carbons (Fsp3) is 0.300. The molecule has 0 bridgehead atoms. The van der Waals surface area contributed by atoms with Crippen LogP contribution in [0.15, 0.2) is 54.6 Å². The van der Waals surface area contributed by atoms with Crippen molar-refractivity contribution in [2.45, 2.75) is 18.9 Å². The molecule has 0 saturated carbocycles. The van der Waals surface area contributed by atoms with Gasteiger partial charge in [0.25, 0.3) is 0 Å². The Morgan fingerprint density at radius 2 is 1.64 bits per heavy atom. The summed E-state index contributed by atoms with van der Waals surface area (Å²) >= 11 is 0. The van der Waals surface area contributed by atoms with Gasteiger partial charge in [-0.25, -0.2) is 4.39 Å². The Morgan fingerprint density at radius 1 is 1.00 bits per heavy atom. The summed E-state index contributed by atoms with van der Waals surface area (Å²) in [7, 11) is 4.06. The van der Waals surface area contributed by atoms with E-state index in [1.807, 2.05) is 44.4 Å². The maximum atomic E-state index is 12.9. The van der Waals surface area contributed by atoms with Crippen LogP contribution >= 0.6 is 0 Å². The standard InChI is InChI=1S/C20H23FN2O2/c1-23(2)14-18(15-6-4-3-5-7-15)22-20(25)13-12-19(24)16-8-10-17(21)11-9-16/h3-11,18H,12-14H2,1-2H3,(H,22,25)/p+1/t18-/m1/s1. The van der Waals surface area contributed by atoms with Gasteiger partial charge in [0.2, 0.25) is 5.91 Å². The molecule has 0 fully saturated rings. The first-order valence-corrected chi connectivity index (χ1v) is 8.38. The molecule has 0 aromatic heterocycles. The summed E-state index contributed by atoms with van der Waals surface area (Å²) in [5, 5.41) is 3.01. The monoisotopic (exact) mass is 343 g/mol. The third-order valence-corrected chi connectivity index (χ3v) is 3.89. The van der Waals surface area contributed by atoms with E-state index >= 15 is 0 Å². The van der Waals surface area contributed by atoms with Crippen molar-refractivity contribution in [3.63, 3.8) is 0 Å². The third-order valence-electron chi connectivity index (χ3n) is 3.89. The molecule has 0 unspecified atom stereocenters. The van der Waals surface area contributed by atoms with Gasteiger partial charge in [-0.1, -0.05) is 30.3 Å². The van der Waals surface area contributed by atoms with Crippen LogP contribution < -0.4 is 10.2 Å². The Morgan fingerprint density at radius 3 is 2.24 bits per heavy atom. The van der Waals surface area contributed by atoms with Gasteiger partial charge in [0, 0.05) is 18.4 Å². The Bertz CT molecular complexity index is 699. The molecule has 4 nitrogen and oxygen atoms in total. The molecule has 0 heterocycles.